The first-order valence-electron chi connectivity index (χ1n) is 7.42. The zero-order valence-corrected chi connectivity index (χ0v) is 14.9. The third-order valence-corrected chi connectivity index (χ3v) is 4.02. The second-order valence-electron chi connectivity index (χ2n) is 5.40. The predicted molar refractivity (Wildman–Crippen MR) is 98.6 cm³/mol. The smallest absolute Gasteiger partial charge is 0.146 e. The van der Waals surface area contributed by atoms with E-state index in [0.29, 0.717) is 23.1 Å². The maximum atomic E-state index is 13.8. The van der Waals surface area contributed by atoms with Crippen LogP contribution in [-0.2, 0) is 0 Å². The number of nitrogens with zero attached hydrogens (tertiary/aromatic N) is 2. The predicted octanol–water partition coefficient (Wildman–Crippen LogP) is 5.48. The molecule has 0 saturated heterocycles. The molecule has 0 aliphatic carbocycles. The molecule has 6 heteroatoms. The Hall–Kier alpha value is -2.47. The number of hydrogen-bond acceptors (Lipinski definition) is 4. The van der Waals surface area contributed by atoms with Crippen LogP contribution in [0.1, 0.15) is 11.4 Å². The maximum absolute atomic E-state index is 13.8. The molecule has 4 nitrogen and oxygen atoms in total. The lowest BCUT2D eigenvalue weighted by Gasteiger charge is -2.12. The van der Waals surface area contributed by atoms with Crippen molar-refractivity contribution in [3.63, 3.8) is 0 Å². The first kappa shape index (κ1) is 16.4. The molecule has 1 aromatic heterocycles. The van der Waals surface area contributed by atoms with Crippen molar-refractivity contribution in [2.75, 3.05) is 10.6 Å². The third-order valence-electron chi connectivity index (χ3n) is 3.36. The minimum absolute atomic E-state index is 0.329. The van der Waals surface area contributed by atoms with Crippen LogP contribution in [0.25, 0.3) is 0 Å². The highest BCUT2D eigenvalue weighted by Gasteiger charge is 2.07. The van der Waals surface area contributed by atoms with Gasteiger partial charge in [0, 0.05) is 10.5 Å². The SMILES string of the molecule is Cc1ccc(Nc2cc(Nc3ccccc3F)nc(C)n2)c(Br)c1. The molecule has 0 bridgehead atoms. The topological polar surface area (TPSA) is 49.8 Å². The molecule has 0 aliphatic rings. The molecule has 0 spiro atoms. The van der Waals surface area contributed by atoms with E-state index in [9.17, 15) is 4.39 Å². The zero-order chi connectivity index (χ0) is 17.1. The lowest BCUT2D eigenvalue weighted by atomic mass is 10.2. The average Bonchev–Trinajstić information content (AvgIpc) is 2.52. The van der Waals surface area contributed by atoms with Gasteiger partial charge in [0.2, 0.25) is 0 Å². The summed E-state index contributed by atoms with van der Waals surface area (Å²) in [6.07, 6.45) is 0. The third kappa shape index (κ3) is 3.89. The molecular weight excluding hydrogens is 371 g/mol. The van der Waals surface area contributed by atoms with Crippen LogP contribution in [0.15, 0.2) is 53.0 Å². The standard InChI is InChI=1S/C18H16BrFN4/c1-11-7-8-15(13(19)9-11)23-17-10-18(22-12(2)21-17)24-16-6-4-3-5-14(16)20/h3-10H,1-2H3,(H2,21,22,23,24). The van der Waals surface area contributed by atoms with E-state index >= 15 is 0 Å². The molecule has 0 aliphatic heterocycles. The van der Waals surface area contributed by atoms with Gasteiger partial charge in [-0.15, -0.1) is 0 Å². The monoisotopic (exact) mass is 386 g/mol. The van der Waals surface area contributed by atoms with Crippen LogP contribution in [0, 0.1) is 19.7 Å². The van der Waals surface area contributed by atoms with Crippen LogP contribution in [0.3, 0.4) is 0 Å². The molecule has 3 aromatic rings. The number of rotatable bonds is 4. The Labute approximate surface area is 148 Å². The molecule has 2 N–H and O–H groups in total. The molecule has 24 heavy (non-hydrogen) atoms. The van der Waals surface area contributed by atoms with Crippen LogP contribution >= 0.6 is 15.9 Å². The number of aromatic nitrogens is 2. The summed E-state index contributed by atoms with van der Waals surface area (Å²) in [5.41, 5.74) is 2.43. The number of hydrogen-bond donors (Lipinski definition) is 2. The molecule has 3 rings (SSSR count). The Morgan fingerprint density at radius 1 is 0.875 bits per heavy atom. The summed E-state index contributed by atoms with van der Waals surface area (Å²) in [6.45, 7) is 3.82. The lowest BCUT2D eigenvalue weighted by molar-refractivity contribution is 0.632. The van der Waals surface area contributed by atoms with Gasteiger partial charge in [-0.1, -0.05) is 18.2 Å². The lowest BCUT2D eigenvalue weighted by Crippen LogP contribution is -2.02. The summed E-state index contributed by atoms with van der Waals surface area (Å²) in [7, 11) is 0. The van der Waals surface area contributed by atoms with Gasteiger partial charge in [0.05, 0.1) is 11.4 Å². The fourth-order valence-electron chi connectivity index (χ4n) is 2.26. The minimum atomic E-state index is -0.329. The maximum Gasteiger partial charge on any atom is 0.146 e. The minimum Gasteiger partial charge on any atom is -0.339 e. The summed E-state index contributed by atoms with van der Waals surface area (Å²) in [5, 5.41) is 6.23. The summed E-state index contributed by atoms with van der Waals surface area (Å²) in [5.74, 6) is 1.41. The van der Waals surface area contributed by atoms with E-state index in [0.717, 1.165) is 15.7 Å². The van der Waals surface area contributed by atoms with Gasteiger partial charge in [-0.25, -0.2) is 14.4 Å². The van der Waals surface area contributed by atoms with E-state index in [2.05, 4.69) is 36.5 Å². The van der Waals surface area contributed by atoms with Gasteiger partial charge >= 0.3 is 0 Å². The van der Waals surface area contributed by atoms with Crippen molar-refractivity contribution in [1.82, 2.24) is 9.97 Å². The van der Waals surface area contributed by atoms with Gasteiger partial charge in [0.15, 0.2) is 0 Å². The van der Waals surface area contributed by atoms with Crippen molar-refractivity contribution in [1.29, 1.82) is 0 Å². The largest absolute Gasteiger partial charge is 0.339 e. The molecule has 0 unspecified atom stereocenters. The van der Waals surface area contributed by atoms with E-state index in [4.69, 9.17) is 0 Å². The molecule has 2 aromatic carbocycles. The van der Waals surface area contributed by atoms with Gasteiger partial charge in [0.1, 0.15) is 23.3 Å². The van der Waals surface area contributed by atoms with Crippen LogP contribution in [0.2, 0.25) is 0 Å². The number of aryl methyl sites for hydroxylation is 2. The Kier molecular flexibility index (Phi) is 4.76. The van der Waals surface area contributed by atoms with Gasteiger partial charge in [0.25, 0.3) is 0 Å². The quantitative estimate of drug-likeness (QED) is 0.622. The van der Waals surface area contributed by atoms with Crippen molar-refractivity contribution in [2.45, 2.75) is 13.8 Å². The molecule has 0 amide bonds. The summed E-state index contributed by atoms with van der Waals surface area (Å²) >= 11 is 3.53. The molecule has 122 valence electrons. The fourth-order valence-corrected chi connectivity index (χ4v) is 2.85. The van der Waals surface area contributed by atoms with Crippen LogP contribution in [0.5, 0.6) is 0 Å². The van der Waals surface area contributed by atoms with E-state index in [-0.39, 0.29) is 5.82 Å². The highest BCUT2D eigenvalue weighted by atomic mass is 79.9. The number of halogens is 2. The van der Waals surface area contributed by atoms with Gasteiger partial charge in [-0.05, 0) is 59.6 Å². The van der Waals surface area contributed by atoms with Crippen LogP contribution in [-0.4, -0.2) is 9.97 Å². The molecule has 0 radical (unpaired) electrons. The van der Waals surface area contributed by atoms with E-state index in [1.165, 1.54) is 6.07 Å². The molecule has 1 heterocycles. The Morgan fingerprint density at radius 3 is 2.21 bits per heavy atom. The Balaban J connectivity index is 1.87. The van der Waals surface area contributed by atoms with Crippen molar-refractivity contribution in [3.05, 3.63) is 70.2 Å². The van der Waals surface area contributed by atoms with E-state index in [1.807, 2.05) is 25.1 Å². The van der Waals surface area contributed by atoms with Crippen molar-refractivity contribution >= 4 is 38.9 Å². The highest BCUT2D eigenvalue weighted by molar-refractivity contribution is 9.10. The highest BCUT2D eigenvalue weighted by Crippen LogP contribution is 2.27. The van der Waals surface area contributed by atoms with Crippen molar-refractivity contribution in [2.24, 2.45) is 0 Å². The number of para-hydroxylation sites is 1. The van der Waals surface area contributed by atoms with Crippen LogP contribution < -0.4 is 10.6 Å². The Morgan fingerprint density at radius 2 is 1.54 bits per heavy atom. The first-order valence-corrected chi connectivity index (χ1v) is 8.21. The normalized spacial score (nSPS) is 10.5. The zero-order valence-electron chi connectivity index (χ0n) is 13.3. The van der Waals surface area contributed by atoms with E-state index < -0.39 is 0 Å². The van der Waals surface area contributed by atoms with Crippen molar-refractivity contribution < 1.29 is 4.39 Å². The number of nitrogens with one attached hydrogen (secondary N) is 2. The molecular formula is C18H16BrFN4. The number of anilines is 4. The summed E-state index contributed by atoms with van der Waals surface area (Å²) in [4.78, 5) is 8.69. The molecule has 0 fully saturated rings. The first-order chi connectivity index (χ1) is 11.5. The van der Waals surface area contributed by atoms with Crippen LogP contribution in [0.4, 0.5) is 27.4 Å². The second kappa shape index (κ2) is 6.97. The number of benzene rings is 2. The second-order valence-corrected chi connectivity index (χ2v) is 6.25. The van der Waals surface area contributed by atoms with E-state index in [1.54, 1.807) is 31.2 Å². The molecule has 0 atom stereocenters. The van der Waals surface area contributed by atoms with Gasteiger partial charge < -0.3 is 10.6 Å². The molecule has 0 saturated carbocycles. The Bertz CT molecular complexity index is 883. The van der Waals surface area contributed by atoms with Gasteiger partial charge in [-0.2, -0.15) is 0 Å². The van der Waals surface area contributed by atoms with Gasteiger partial charge in [-0.3, -0.25) is 0 Å². The summed E-state index contributed by atoms with van der Waals surface area (Å²) < 4.78 is 14.7. The average molecular weight is 387 g/mol. The van der Waals surface area contributed by atoms with Crippen molar-refractivity contribution in [3.8, 4) is 0 Å². The fraction of sp³-hybridized carbons (Fsp3) is 0.111. The summed E-state index contributed by atoms with van der Waals surface area (Å²) in [6, 6.07) is 14.2.